The van der Waals surface area contributed by atoms with E-state index in [4.69, 9.17) is 0 Å². The molecule has 18 heavy (non-hydrogen) atoms. The number of aryl methyl sites for hydroxylation is 2. The number of benzene rings is 1. The summed E-state index contributed by atoms with van der Waals surface area (Å²) in [6.45, 7) is 0. The van der Waals surface area contributed by atoms with Crippen LogP contribution in [0.25, 0.3) is 0 Å². The van der Waals surface area contributed by atoms with Crippen molar-refractivity contribution in [3.63, 3.8) is 0 Å². The molecule has 2 aromatic rings. The molecule has 1 heterocycles. The molecule has 3 nitrogen and oxygen atoms in total. The summed E-state index contributed by atoms with van der Waals surface area (Å²) in [5.41, 5.74) is 2.67. The molecule has 1 aromatic heterocycles. The lowest BCUT2D eigenvalue weighted by molar-refractivity contribution is 0.490. The second kappa shape index (κ2) is 6.36. The summed E-state index contributed by atoms with van der Waals surface area (Å²) in [5.74, 6) is 0. The van der Waals surface area contributed by atoms with E-state index in [0.29, 0.717) is 6.04 Å². The Labute approximate surface area is 109 Å². The van der Waals surface area contributed by atoms with Crippen LogP contribution in [-0.2, 0) is 13.5 Å². The largest absolute Gasteiger partial charge is 0.312 e. The van der Waals surface area contributed by atoms with Gasteiger partial charge in [0.05, 0.1) is 5.69 Å². The number of nitrogens with one attached hydrogen (secondary N) is 1. The Morgan fingerprint density at radius 2 is 2.00 bits per heavy atom. The maximum absolute atomic E-state index is 4.23. The Kier molecular flexibility index (Phi) is 4.53. The van der Waals surface area contributed by atoms with Crippen LogP contribution in [0.15, 0.2) is 42.6 Å². The van der Waals surface area contributed by atoms with Gasteiger partial charge < -0.3 is 5.32 Å². The lowest BCUT2D eigenvalue weighted by Gasteiger charge is -2.16. The van der Waals surface area contributed by atoms with Crippen molar-refractivity contribution in [3.8, 4) is 0 Å². The molecule has 0 spiro atoms. The normalized spacial score (nSPS) is 12.6. The van der Waals surface area contributed by atoms with Crippen LogP contribution < -0.4 is 5.32 Å². The predicted octanol–water partition coefficient (Wildman–Crippen LogP) is 2.70. The standard InChI is InChI=1S/C15H21N3/c1-16-14(15-11-12-17-18(15)2)10-6-9-13-7-4-3-5-8-13/h3-5,7-8,11-12,14,16H,6,9-10H2,1-2H3. The number of nitrogens with zero attached hydrogens (tertiary/aromatic N) is 2. The van der Waals surface area contributed by atoms with Gasteiger partial charge in [-0.1, -0.05) is 30.3 Å². The fourth-order valence-corrected chi connectivity index (χ4v) is 2.32. The zero-order valence-electron chi connectivity index (χ0n) is 11.1. The molecule has 0 bridgehead atoms. The summed E-state index contributed by atoms with van der Waals surface area (Å²) in [7, 11) is 4.01. The van der Waals surface area contributed by atoms with Gasteiger partial charge in [0.15, 0.2) is 0 Å². The van der Waals surface area contributed by atoms with Crippen LogP contribution in [-0.4, -0.2) is 16.8 Å². The van der Waals surface area contributed by atoms with Crippen LogP contribution >= 0.6 is 0 Å². The van der Waals surface area contributed by atoms with Crippen LogP contribution in [0.5, 0.6) is 0 Å². The fraction of sp³-hybridized carbons (Fsp3) is 0.400. The van der Waals surface area contributed by atoms with Gasteiger partial charge in [-0.3, -0.25) is 4.68 Å². The second-order valence-electron chi connectivity index (χ2n) is 4.60. The predicted molar refractivity (Wildman–Crippen MR) is 74.4 cm³/mol. The van der Waals surface area contributed by atoms with E-state index in [0.717, 1.165) is 12.8 Å². The molecule has 96 valence electrons. The lowest BCUT2D eigenvalue weighted by atomic mass is 10.0. The van der Waals surface area contributed by atoms with Gasteiger partial charge in [0, 0.05) is 19.3 Å². The molecule has 3 heteroatoms. The molecule has 1 unspecified atom stereocenters. The molecule has 0 aliphatic carbocycles. The Hall–Kier alpha value is -1.61. The number of hydrogen-bond donors (Lipinski definition) is 1. The highest BCUT2D eigenvalue weighted by Crippen LogP contribution is 2.18. The number of aromatic nitrogens is 2. The minimum absolute atomic E-state index is 0.390. The highest BCUT2D eigenvalue weighted by molar-refractivity contribution is 5.14. The van der Waals surface area contributed by atoms with Gasteiger partial charge >= 0.3 is 0 Å². The van der Waals surface area contributed by atoms with E-state index in [-0.39, 0.29) is 0 Å². The maximum atomic E-state index is 4.23. The van der Waals surface area contributed by atoms with Gasteiger partial charge in [-0.15, -0.1) is 0 Å². The first-order valence-corrected chi connectivity index (χ1v) is 6.50. The minimum atomic E-state index is 0.390. The minimum Gasteiger partial charge on any atom is -0.312 e. The molecule has 0 fully saturated rings. The summed E-state index contributed by atoms with van der Waals surface area (Å²) in [6, 6.07) is 13.1. The SMILES string of the molecule is CNC(CCCc1ccccc1)c1ccnn1C. The van der Waals surface area contributed by atoms with Crippen LogP contribution in [0.4, 0.5) is 0 Å². The van der Waals surface area contributed by atoms with E-state index in [2.05, 4.69) is 46.8 Å². The highest BCUT2D eigenvalue weighted by Gasteiger charge is 2.12. The van der Waals surface area contributed by atoms with Crippen molar-refractivity contribution in [3.05, 3.63) is 53.9 Å². The van der Waals surface area contributed by atoms with Crippen LogP contribution in [0.2, 0.25) is 0 Å². The van der Waals surface area contributed by atoms with Crippen LogP contribution in [0.1, 0.15) is 30.1 Å². The zero-order chi connectivity index (χ0) is 12.8. The van der Waals surface area contributed by atoms with E-state index in [1.165, 1.54) is 17.7 Å². The third-order valence-electron chi connectivity index (χ3n) is 3.37. The van der Waals surface area contributed by atoms with Crippen molar-refractivity contribution in [2.45, 2.75) is 25.3 Å². The molecule has 1 N–H and O–H groups in total. The summed E-state index contributed by atoms with van der Waals surface area (Å²) in [6.07, 6.45) is 5.30. The molecule has 0 amide bonds. The second-order valence-corrected chi connectivity index (χ2v) is 4.60. The monoisotopic (exact) mass is 243 g/mol. The molecule has 0 saturated carbocycles. The van der Waals surface area contributed by atoms with E-state index in [1.54, 1.807) is 0 Å². The van der Waals surface area contributed by atoms with Crippen molar-refractivity contribution in [2.24, 2.45) is 7.05 Å². The summed E-state index contributed by atoms with van der Waals surface area (Å²) < 4.78 is 1.95. The van der Waals surface area contributed by atoms with Gasteiger partial charge in [0.1, 0.15) is 0 Å². The van der Waals surface area contributed by atoms with E-state index < -0.39 is 0 Å². The highest BCUT2D eigenvalue weighted by atomic mass is 15.3. The molecule has 0 saturated heterocycles. The quantitative estimate of drug-likeness (QED) is 0.845. The third-order valence-corrected chi connectivity index (χ3v) is 3.37. The molecular weight excluding hydrogens is 222 g/mol. The lowest BCUT2D eigenvalue weighted by Crippen LogP contribution is -2.19. The molecule has 2 rings (SSSR count). The Bertz CT molecular complexity index is 462. The molecule has 1 atom stereocenters. The topological polar surface area (TPSA) is 29.9 Å². The Balaban J connectivity index is 1.87. The van der Waals surface area contributed by atoms with Crippen molar-refractivity contribution in [2.75, 3.05) is 7.05 Å². The zero-order valence-corrected chi connectivity index (χ0v) is 11.1. The molecule has 1 aromatic carbocycles. The van der Waals surface area contributed by atoms with E-state index in [1.807, 2.05) is 25.0 Å². The maximum Gasteiger partial charge on any atom is 0.0550 e. The van der Waals surface area contributed by atoms with Gasteiger partial charge in [-0.25, -0.2) is 0 Å². The summed E-state index contributed by atoms with van der Waals surface area (Å²) in [5, 5.41) is 7.60. The first-order valence-electron chi connectivity index (χ1n) is 6.50. The molecular formula is C15H21N3. The Morgan fingerprint density at radius 1 is 1.22 bits per heavy atom. The van der Waals surface area contributed by atoms with E-state index in [9.17, 15) is 0 Å². The van der Waals surface area contributed by atoms with Crippen molar-refractivity contribution in [1.82, 2.24) is 15.1 Å². The fourth-order valence-electron chi connectivity index (χ4n) is 2.32. The van der Waals surface area contributed by atoms with Gasteiger partial charge in [-0.2, -0.15) is 5.10 Å². The third kappa shape index (κ3) is 3.20. The van der Waals surface area contributed by atoms with E-state index >= 15 is 0 Å². The van der Waals surface area contributed by atoms with Gasteiger partial charge in [0.25, 0.3) is 0 Å². The summed E-state index contributed by atoms with van der Waals surface area (Å²) in [4.78, 5) is 0. The van der Waals surface area contributed by atoms with Gasteiger partial charge in [0.2, 0.25) is 0 Å². The van der Waals surface area contributed by atoms with Crippen molar-refractivity contribution >= 4 is 0 Å². The van der Waals surface area contributed by atoms with Crippen molar-refractivity contribution < 1.29 is 0 Å². The number of rotatable bonds is 6. The van der Waals surface area contributed by atoms with Crippen LogP contribution in [0.3, 0.4) is 0 Å². The smallest absolute Gasteiger partial charge is 0.0550 e. The van der Waals surface area contributed by atoms with Crippen LogP contribution in [0, 0.1) is 0 Å². The average Bonchev–Trinajstić information content (AvgIpc) is 2.82. The Morgan fingerprint density at radius 3 is 2.61 bits per heavy atom. The first-order chi connectivity index (χ1) is 8.81. The summed E-state index contributed by atoms with van der Waals surface area (Å²) >= 11 is 0. The molecule has 0 radical (unpaired) electrons. The van der Waals surface area contributed by atoms with Gasteiger partial charge in [-0.05, 0) is 37.9 Å². The first kappa shape index (κ1) is 12.8. The molecule has 0 aliphatic rings. The molecule has 0 aliphatic heterocycles. The number of hydrogen-bond acceptors (Lipinski definition) is 2. The van der Waals surface area contributed by atoms with Crippen molar-refractivity contribution in [1.29, 1.82) is 0 Å². The average molecular weight is 243 g/mol.